The number of hydrogen-bond acceptors (Lipinski definition) is 4. The second kappa shape index (κ2) is 5.62. The van der Waals surface area contributed by atoms with E-state index in [-0.39, 0.29) is 13.0 Å². The first-order valence-corrected chi connectivity index (χ1v) is 3.37. The summed E-state index contributed by atoms with van der Waals surface area (Å²) in [7, 11) is -2.18. The minimum Gasteiger partial charge on any atom is -0.276 e. The highest BCUT2D eigenvalue weighted by Gasteiger charge is 2.18. The van der Waals surface area contributed by atoms with Gasteiger partial charge in [-0.25, -0.2) is 0 Å². The largest absolute Gasteiger partial charge is 0.721 e. The van der Waals surface area contributed by atoms with Crippen LogP contribution in [-0.2, 0) is 18.5 Å². The number of carbonyl (C=O) groups excluding carboxylic acids is 1. The van der Waals surface area contributed by atoms with Gasteiger partial charge in [0, 0.05) is 9.19 Å². The Hall–Kier alpha value is -0.510. The molecule has 0 heterocycles. The zero-order valence-corrected chi connectivity index (χ0v) is 5.76. The molecule has 0 spiro atoms. The molecule has 0 radical (unpaired) electrons. The van der Waals surface area contributed by atoms with Crippen LogP contribution in [0.15, 0.2) is 0 Å². The van der Waals surface area contributed by atoms with Crippen molar-refractivity contribution in [3.8, 4) is 0 Å². The van der Waals surface area contributed by atoms with Crippen molar-refractivity contribution in [1.29, 1.82) is 0 Å². The molecule has 1 amide bonds. The number of hydroxylamine groups is 1. The fourth-order valence-electron chi connectivity index (χ4n) is 0.196. The summed E-state index contributed by atoms with van der Waals surface area (Å²) in [6.45, 7) is 1.95. The first-order valence-electron chi connectivity index (χ1n) is 2.27. The zero-order valence-electron chi connectivity index (χ0n) is 4.86. The van der Waals surface area contributed by atoms with E-state index in [2.05, 4.69) is 9.15 Å². The normalized spacial score (nSPS) is 10.6. The first kappa shape index (κ1) is 8.49. The average molecular weight is 152 g/mol. The van der Waals surface area contributed by atoms with Crippen LogP contribution in [0.4, 0.5) is 0 Å². The molecule has 0 aromatic heterocycles. The van der Waals surface area contributed by atoms with E-state index in [1.807, 2.05) is 0 Å². The predicted molar refractivity (Wildman–Crippen MR) is 29.5 cm³/mol. The second-order valence-corrected chi connectivity index (χ2v) is 1.86. The number of rotatable bonds is 5. The predicted octanol–water partition coefficient (Wildman–Crippen LogP) is 0.358. The minimum atomic E-state index is -2.18. The molecule has 1 unspecified atom stereocenters. The molecule has 0 aliphatic carbocycles. The van der Waals surface area contributed by atoms with Crippen molar-refractivity contribution in [2.75, 3.05) is 6.61 Å². The summed E-state index contributed by atoms with van der Waals surface area (Å²) in [6.07, 6.45) is 0.270. The molecular weight excluding hydrogens is 145 g/mol. The molecule has 0 rings (SSSR count). The summed E-state index contributed by atoms with van der Waals surface area (Å²) >= 11 is 0. The molecule has 6 heteroatoms. The zero-order chi connectivity index (χ0) is 7.11. The highest BCUT2D eigenvalue weighted by atomic mass is 31.1. The van der Waals surface area contributed by atoms with Crippen molar-refractivity contribution in [1.82, 2.24) is 5.48 Å². The van der Waals surface area contributed by atoms with E-state index in [0.29, 0.717) is 0 Å². The smallest absolute Gasteiger partial charge is 0.276 e. The number of hydrogen-bond donors (Lipinski definition) is 1. The average Bonchev–Trinajstić information content (AvgIpc) is 1.85. The fourth-order valence-corrected chi connectivity index (χ4v) is 0.589. The fraction of sp³-hybridized carbons (Fsp3) is 0.667. The van der Waals surface area contributed by atoms with Crippen LogP contribution < -0.4 is 5.48 Å². The molecule has 1 atom stereocenters. The van der Waals surface area contributed by atoms with Crippen LogP contribution in [0.1, 0.15) is 6.92 Å². The van der Waals surface area contributed by atoms with Crippen molar-refractivity contribution in [3.63, 3.8) is 0 Å². The van der Waals surface area contributed by atoms with E-state index in [1.54, 1.807) is 12.4 Å². The van der Waals surface area contributed by atoms with Gasteiger partial charge < -0.3 is 0 Å². The van der Waals surface area contributed by atoms with E-state index < -0.39 is 8.25 Å². The van der Waals surface area contributed by atoms with Crippen molar-refractivity contribution in [3.05, 3.63) is 0 Å². The highest BCUT2D eigenvalue weighted by Crippen LogP contribution is 2.20. The van der Waals surface area contributed by atoms with Gasteiger partial charge in [0.25, 0.3) is 0 Å². The Bertz CT molecular complexity index is 106. The van der Waals surface area contributed by atoms with E-state index >= 15 is 0 Å². The van der Waals surface area contributed by atoms with Gasteiger partial charge in [0.15, 0.2) is 0 Å². The second-order valence-electron chi connectivity index (χ2n) is 0.968. The maximum absolute atomic E-state index is 10.3. The lowest BCUT2D eigenvalue weighted by Crippen LogP contribution is -2.06. The third-order valence-electron chi connectivity index (χ3n) is 0.410. The van der Waals surface area contributed by atoms with Crippen molar-refractivity contribution in [2.24, 2.45) is 0 Å². The number of amides is 1. The molecule has 1 N–H and O–H groups in total. The molecule has 9 heavy (non-hydrogen) atoms. The topological polar surface area (TPSA) is 64.6 Å². The van der Waals surface area contributed by atoms with Crippen LogP contribution >= 0.6 is 8.25 Å². The van der Waals surface area contributed by atoms with Crippen LogP contribution in [0, 0.1) is 0 Å². The summed E-state index contributed by atoms with van der Waals surface area (Å²) < 4.78 is 18.8. The van der Waals surface area contributed by atoms with Crippen LogP contribution in [0.3, 0.4) is 0 Å². The van der Waals surface area contributed by atoms with Crippen molar-refractivity contribution >= 4 is 14.7 Å². The van der Waals surface area contributed by atoms with Gasteiger partial charge in [0.2, 0.25) is 6.41 Å². The van der Waals surface area contributed by atoms with E-state index in [0.717, 1.165) is 0 Å². The minimum absolute atomic E-state index is 0.270. The van der Waals surface area contributed by atoms with Gasteiger partial charge >= 0.3 is 8.25 Å². The van der Waals surface area contributed by atoms with Gasteiger partial charge in [-0.15, -0.1) is 4.52 Å². The molecule has 0 fully saturated rings. The van der Waals surface area contributed by atoms with Crippen molar-refractivity contribution in [2.45, 2.75) is 6.92 Å². The Balaban J connectivity index is 3.16. The third kappa shape index (κ3) is 5.36. The van der Waals surface area contributed by atoms with Crippen LogP contribution in [0.5, 0.6) is 0 Å². The van der Waals surface area contributed by atoms with Gasteiger partial charge in [-0.3, -0.25) is 4.79 Å². The summed E-state index contributed by atoms with van der Waals surface area (Å²) in [5, 5.41) is 0. The summed E-state index contributed by atoms with van der Waals surface area (Å²) in [6, 6.07) is 0. The van der Waals surface area contributed by atoms with Crippen molar-refractivity contribution < 1.29 is 18.5 Å². The monoisotopic (exact) mass is 152 g/mol. The molecule has 0 saturated carbocycles. The van der Waals surface area contributed by atoms with Gasteiger partial charge in [-0.05, 0) is 6.92 Å². The number of carbonyl (C=O) groups is 1. The Morgan fingerprint density at radius 2 is 2.44 bits per heavy atom. The molecule has 0 bridgehead atoms. The molecular formula is C3H7NO4P+. The van der Waals surface area contributed by atoms with Crippen LogP contribution in [0.2, 0.25) is 0 Å². The molecule has 52 valence electrons. The summed E-state index contributed by atoms with van der Waals surface area (Å²) in [4.78, 5) is 9.49. The SMILES string of the molecule is CCO[P+](=O)ONC=O. The molecule has 0 saturated heterocycles. The highest BCUT2D eigenvalue weighted by molar-refractivity contribution is 7.33. The molecule has 0 aromatic carbocycles. The molecule has 5 nitrogen and oxygen atoms in total. The molecule has 0 aliphatic heterocycles. The van der Waals surface area contributed by atoms with E-state index in [1.165, 1.54) is 0 Å². The Kier molecular flexibility index (Phi) is 5.30. The Morgan fingerprint density at radius 1 is 1.78 bits per heavy atom. The number of nitrogens with one attached hydrogen (secondary N) is 1. The lowest BCUT2D eigenvalue weighted by molar-refractivity contribution is -0.115. The lowest BCUT2D eigenvalue weighted by atomic mass is 10.9. The quantitative estimate of drug-likeness (QED) is 0.351. The van der Waals surface area contributed by atoms with Gasteiger partial charge in [-0.1, -0.05) is 0 Å². The van der Waals surface area contributed by atoms with Crippen LogP contribution in [-0.4, -0.2) is 13.0 Å². The van der Waals surface area contributed by atoms with Crippen LogP contribution in [0.25, 0.3) is 0 Å². The lowest BCUT2D eigenvalue weighted by Gasteiger charge is -1.80. The van der Waals surface area contributed by atoms with Gasteiger partial charge in [0.05, 0.1) is 0 Å². The van der Waals surface area contributed by atoms with Gasteiger partial charge in [-0.2, -0.15) is 5.48 Å². The summed E-state index contributed by atoms with van der Waals surface area (Å²) in [5.41, 5.74) is 1.74. The molecule has 0 aromatic rings. The van der Waals surface area contributed by atoms with E-state index in [9.17, 15) is 9.36 Å². The maximum atomic E-state index is 10.3. The van der Waals surface area contributed by atoms with Gasteiger partial charge in [0.1, 0.15) is 6.61 Å². The third-order valence-corrected chi connectivity index (χ3v) is 1.13. The Labute approximate surface area is 53.2 Å². The Morgan fingerprint density at radius 3 is 2.89 bits per heavy atom. The maximum Gasteiger partial charge on any atom is 0.721 e. The summed E-state index contributed by atoms with van der Waals surface area (Å²) in [5.74, 6) is 0. The first-order chi connectivity index (χ1) is 4.31. The van der Waals surface area contributed by atoms with E-state index in [4.69, 9.17) is 0 Å². The standard InChI is InChI=1S/C3H6NO4P/c1-2-7-9(6)8-4-3-5/h3H,2H2,1H3/p+1. The molecule has 0 aliphatic rings.